The number of hydrogen-bond donors (Lipinski definition) is 1. The number of nitrogens with one attached hydrogen (secondary N) is 1. The first kappa shape index (κ1) is 9.49. The average molecular weight is 224 g/mol. The Hall–Kier alpha value is -0.730. The Bertz CT molecular complexity index is 387. The quantitative estimate of drug-likeness (QED) is 0.829. The van der Waals surface area contributed by atoms with Crippen molar-refractivity contribution in [3.63, 3.8) is 0 Å². The fourth-order valence-corrected chi connectivity index (χ4v) is 2.56. The molecule has 1 fully saturated rings. The predicted molar refractivity (Wildman–Crippen MR) is 60.7 cm³/mol. The largest absolute Gasteiger partial charge is 0.493 e. The molecule has 0 bridgehead atoms. The molecule has 2 heterocycles. The van der Waals surface area contributed by atoms with E-state index < -0.39 is 0 Å². The van der Waals surface area contributed by atoms with Crippen LogP contribution in [-0.4, -0.2) is 19.7 Å². The minimum Gasteiger partial charge on any atom is -0.493 e. The lowest BCUT2D eigenvalue weighted by Gasteiger charge is -2.27. The van der Waals surface area contributed by atoms with Crippen molar-refractivity contribution in [2.45, 2.75) is 12.8 Å². The molecule has 2 aliphatic heterocycles. The zero-order chi connectivity index (χ0) is 10.3. The van der Waals surface area contributed by atoms with Gasteiger partial charge >= 0.3 is 0 Å². The Kier molecular flexibility index (Phi) is 2.33. The fourth-order valence-electron chi connectivity index (χ4n) is 2.30. The van der Waals surface area contributed by atoms with Crippen molar-refractivity contribution in [2.75, 3.05) is 19.7 Å². The van der Waals surface area contributed by atoms with Crippen LogP contribution >= 0.6 is 11.6 Å². The van der Waals surface area contributed by atoms with Crippen LogP contribution in [0.4, 0.5) is 0 Å². The Morgan fingerprint density at radius 3 is 3.00 bits per heavy atom. The molecule has 80 valence electrons. The van der Waals surface area contributed by atoms with Crippen LogP contribution in [0.3, 0.4) is 0 Å². The first-order valence-corrected chi connectivity index (χ1v) is 5.85. The fraction of sp³-hybridized carbons (Fsp3) is 0.500. The van der Waals surface area contributed by atoms with Gasteiger partial charge in [-0.25, -0.2) is 0 Å². The second-order valence-electron chi connectivity index (χ2n) is 4.38. The summed E-state index contributed by atoms with van der Waals surface area (Å²) in [6.07, 6.45) is 2.10. The number of halogens is 1. The van der Waals surface area contributed by atoms with E-state index in [1.54, 1.807) is 0 Å². The minimum absolute atomic E-state index is 0.761. The van der Waals surface area contributed by atoms with Crippen molar-refractivity contribution in [3.05, 3.63) is 28.3 Å². The maximum absolute atomic E-state index is 6.10. The van der Waals surface area contributed by atoms with Crippen LogP contribution in [0.15, 0.2) is 12.1 Å². The molecule has 0 unspecified atom stereocenters. The van der Waals surface area contributed by atoms with Gasteiger partial charge in [0.25, 0.3) is 0 Å². The van der Waals surface area contributed by atoms with Gasteiger partial charge < -0.3 is 10.1 Å². The highest BCUT2D eigenvalue weighted by atomic mass is 35.5. The van der Waals surface area contributed by atoms with Crippen molar-refractivity contribution < 1.29 is 4.74 Å². The number of ether oxygens (including phenoxy) is 1. The van der Waals surface area contributed by atoms with E-state index in [-0.39, 0.29) is 0 Å². The molecule has 3 heteroatoms. The second-order valence-corrected chi connectivity index (χ2v) is 4.82. The van der Waals surface area contributed by atoms with E-state index in [1.807, 2.05) is 6.07 Å². The molecule has 0 aromatic heterocycles. The van der Waals surface area contributed by atoms with Crippen LogP contribution in [-0.2, 0) is 12.8 Å². The third kappa shape index (κ3) is 1.72. The number of hydrogen-bond acceptors (Lipinski definition) is 2. The van der Waals surface area contributed by atoms with Crippen molar-refractivity contribution in [1.29, 1.82) is 0 Å². The summed E-state index contributed by atoms with van der Waals surface area (Å²) in [5.74, 6) is 1.86. The molecule has 1 aromatic rings. The second kappa shape index (κ2) is 3.69. The molecule has 1 N–H and O–H groups in total. The van der Waals surface area contributed by atoms with Gasteiger partial charge in [0, 0.05) is 11.4 Å². The van der Waals surface area contributed by atoms with Gasteiger partial charge in [-0.3, -0.25) is 0 Å². The molecule has 3 rings (SSSR count). The zero-order valence-electron chi connectivity index (χ0n) is 8.55. The zero-order valence-corrected chi connectivity index (χ0v) is 9.31. The van der Waals surface area contributed by atoms with Crippen LogP contribution in [0.5, 0.6) is 5.75 Å². The van der Waals surface area contributed by atoms with Crippen LogP contribution in [0, 0.1) is 5.92 Å². The molecule has 15 heavy (non-hydrogen) atoms. The highest BCUT2D eigenvalue weighted by Crippen LogP contribution is 2.34. The van der Waals surface area contributed by atoms with E-state index in [1.165, 1.54) is 11.1 Å². The molecule has 0 radical (unpaired) electrons. The Balaban J connectivity index is 1.91. The summed E-state index contributed by atoms with van der Waals surface area (Å²) in [6.45, 7) is 3.06. The Labute approximate surface area is 94.6 Å². The summed E-state index contributed by atoms with van der Waals surface area (Å²) in [5.41, 5.74) is 2.58. The van der Waals surface area contributed by atoms with Crippen molar-refractivity contribution in [3.8, 4) is 5.75 Å². The summed E-state index contributed by atoms with van der Waals surface area (Å²) in [6, 6.07) is 4.09. The predicted octanol–water partition coefficient (Wildman–Crippen LogP) is 2.04. The lowest BCUT2D eigenvalue weighted by atomic mass is 9.93. The SMILES string of the molecule is Clc1cc2c(c(CC3CNC3)c1)OCC2. The van der Waals surface area contributed by atoms with Gasteiger partial charge in [0.15, 0.2) is 0 Å². The first-order valence-electron chi connectivity index (χ1n) is 5.48. The highest BCUT2D eigenvalue weighted by Gasteiger charge is 2.22. The van der Waals surface area contributed by atoms with Crippen molar-refractivity contribution in [1.82, 2.24) is 5.32 Å². The smallest absolute Gasteiger partial charge is 0.125 e. The number of rotatable bonds is 2. The maximum Gasteiger partial charge on any atom is 0.125 e. The summed E-state index contributed by atoms with van der Waals surface area (Å²) in [4.78, 5) is 0. The topological polar surface area (TPSA) is 21.3 Å². The van der Waals surface area contributed by atoms with Crippen LogP contribution < -0.4 is 10.1 Å². The summed E-state index contributed by atoms with van der Waals surface area (Å²) >= 11 is 6.10. The minimum atomic E-state index is 0.761. The third-order valence-corrected chi connectivity index (χ3v) is 3.42. The Morgan fingerprint density at radius 2 is 2.27 bits per heavy atom. The number of benzene rings is 1. The van der Waals surface area contributed by atoms with E-state index in [0.717, 1.165) is 49.2 Å². The van der Waals surface area contributed by atoms with Crippen LogP contribution in [0.1, 0.15) is 11.1 Å². The van der Waals surface area contributed by atoms with E-state index in [0.29, 0.717) is 0 Å². The van der Waals surface area contributed by atoms with E-state index in [4.69, 9.17) is 16.3 Å². The third-order valence-electron chi connectivity index (χ3n) is 3.20. The van der Waals surface area contributed by atoms with Gasteiger partial charge in [0.2, 0.25) is 0 Å². The summed E-state index contributed by atoms with van der Waals surface area (Å²) in [5, 5.41) is 4.14. The van der Waals surface area contributed by atoms with Gasteiger partial charge in [-0.15, -0.1) is 0 Å². The van der Waals surface area contributed by atoms with Crippen LogP contribution in [0.2, 0.25) is 5.02 Å². The molecule has 1 aromatic carbocycles. The van der Waals surface area contributed by atoms with E-state index in [9.17, 15) is 0 Å². The molecular formula is C12H14ClNO. The molecule has 2 aliphatic rings. The molecule has 0 saturated carbocycles. The lowest BCUT2D eigenvalue weighted by molar-refractivity contribution is 0.328. The van der Waals surface area contributed by atoms with E-state index in [2.05, 4.69) is 11.4 Å². The van der Waals surface area contributed by atoms with Gasteiger partial charge in [-0.05, 0) is 48.7 Å². The molecule has 0 aliphatic carbocycles. The molecule has 0 atom stereocenters. The first-order chi connectivity index (χ1) is 7.33. The molecular weight excluding hydrogens is 210 g/mol. The molecule has 0 amide bonds. The molecule has 0 spiro atoms. The van der Waals surface area contributed by atoms with E-state index >= 15 is 0 Å². The standard InChI is InChI=1S/C12H14ClNO/c13-11-4-9-1-2-15-12(9)10(5-11)3-8-6-14-7-8/h4-5,8,14H,1-3,6-7H2. The van der Waals surface area contributed by atoms with Gasteiger partial charge in [0.1, 0.15) is 5.75 Å². The normalized spacial score (nSPS) is 19.5. The van der Waals surface area contributed by atoms with Crippen LogP contribution in [0.25, 0.3) is 0 Å². The maximum atomic E-state index is 6.10. The monoisotopic (exact) mass is 223 g/mol. The Morgan fingerprint density at radius 1 is 1.40 bits per heavy atom. The van der Waals surface area contributed by atoms with Crippen molar-refractivity contribution in [2.24, 2.45) is 5.92 Å². The number of fused-ring (bicyclic) bond motifs is 1. The van der Waals surface area contributed by atoms with Gasteiger partial charge in [-0.2, -0.15) is 0 Å². The average Bonchev–Trinajstić information content (AvgIpc) is 2.58. The highest BCUT2D eigenvalue weighted by molar-refractivity contribution is 6.30. The summed E-state index contributed by atoms with van der Waals surface area (Å²) < 4.78 is 5.68. The summed E-state index contributed by atoms with van der Waals surface area (Å²) in [7, 11) is 0. The molecule has 1 saturated heterocycles. The van der Waals surface area contributed by atoms with Gasteiger partial charge in [-0.1, -0.05) is 11.6 Å². The van der Waals surface area contributed by atoms with Crippen molar-refractivity contribution >= 4 is 11.6 Å². The molecule has 2 nitrogen and oxygen atoms in total. The lowest BCUT2D eigenvalue weighted by Crippen LogP contribution is -2.43. The van der Waals surface area contributed by atoms with Gasteiger partial charge in [0.05, 0.1) is 6.61 Å².